The summed E-state index contributed by atoms with van der Waals surface area (Å²) in [7, 11) is 0. The van der Waals surface area contributed by atoms with Crippen molar-refractivity contribution in [2.45, 2.75) is 20.0 Å². The van der Waals surface area contributed by atoms with Gasteiger partial charge < -0.3 is 9.47 Å². The van der Waals surface area contributed by atoms with Gasteiger partial charge in [-0.05, 0) is 41.8 Å². The Morgan fingerprint density at radius 2 is 1.96 bits per heavy atom. The summed E-state index contributed by atoms with van der Waals surface area (Å²) in [5.41, 5.74) is 2.07. The maximum Gasteiger partial charge on any atom is 0.344 e. The Kier molecular flexibility index (Phi) is 5.41. The van der Waals surface area contributed by atoms with Gasteiger partial charge in [0.05, 0.1) is 0 Å². The lowest BCUT2D eigenvalue weighted by Gasteiger charge is -2.08. The smallest absolute Gasteiger partial charge is 0.344 e. The zero-order valence-electron chi connectivity index (χ0n) is 14.0. The number of rotatable bonds is 7. The van der Waals surface area contributed by atoms with E-state index >= 15 is 0 Å². The number of carbonyl (C=O) groups is 1. The summed E-state index contributed by atoms with van der Waals surface area (Å²) in [6, 6.07) is 11.3. The molecule has 0 amide bonds. The number of benzene rings is 1. The lowest BCUT2D eigenvalue weighted by atomic mass is 10.2. The van der Waals surface area contributed by atoms with Crippen LogP contribution in [0.5, 0.6) is 5.75 Å². The predicted octanol–water partition coefficient (Wildman–Crippen LogP) is 2.95. The number of esters is 1. The highest BCUT2D eigenvalue weighted by atomic mass is 16.6. The van der Waals surface area contributed by atoms with Crippen LogP contribution >= 0.6 is 0 Å². The van der Waals surface area contributed by atoms with Gasteiger partial charge in [-0.1, -0.05) is 19.1 Å². The zero-order chi connectivity index (χ0) is 17.5. The quantitative estimate of drug-likeness (QED) is 0.620. The van der Waals surface area contributed by atoms with Crippen LogP contribution in [0.2, 0.25) is 0 Å². The van der Waals surface area contributed by atoms with Crippen LogP contribution in [0.25, 0.3) is 5.82 Å². The molecule has 0 spiro atoms. The van der Waals surface area contributed by atoms with E-state index in [-0.39, 0.29) is 13.2 Å². The first kappa shape index (κ1) is 16.7. The minimum Gasteiger partial charge on any atom is -0.482 e. The number of hydrogen-bond donors (Lipinski definition) is 0. The number of pyridine rings is 1. The van der Waals surface area contributed by atoms with E-state index in [0.29, 0.717) is 5.75 Å². The molecule has 0 saturated carbocycles. The van der Waals surface area contributed by atoms with Crippen molar-refractivity contribution in [1.29, 1.82) is 0 Å². The highest BCUT2D eigenvalue weighted by Crippen LogP contribution is 2.13. The molecule has 25 heavy (non-hydrogen) atoms. The normalized spacial score (nSPS) is 10.4. The Morgan fingerprint density at radius 1 is 1.12 bits per heavy atom. The Bertz CT molecular complexity index is 814. The molecule has 0 bridgehead atoms. The largest absolute Gasteiger partial charge is 0.482 e. The fourth-order valence-corrected chi connectivity index (χ4v) is 2.26. The molecule has 0 N–H and O–H groups in total. The number of aryl methyl sites for hydroxylation is 1. The van der Waals surface area contributed by atoms with Gasteiger partial charge in [-0.2, -0.15) is 0 Å². The minimum absolute atomic E-state index is 0.120. The van der Waals surface area contributed by atoms with E-state index in [1.807, 2.05) is 30.3 Å². The van der Waals surface area contributed by atoms with Crippen LogP contribution in [0.3, 0.4) is 0 Å². The van der Waals surface area contributed by atoms with Crippen molar-refractivity contribution in [3.05, 3.63) is 72.4 Å². The molecule has 0 aliphatic rings. The van der Waals surface area contributed by atoms with Crippen LogP contribution in [-0.2, 0) is 22.6 Å². The maximum atomic E-state index is 11.8. The first-order chi connectivity index (χ1) is 12.2. The van der Waals surface area contributed by atoms with Gasteiger partial charge in [0.2, 0.25) is 0 Å². The average molecular weight is 337 g/mol. The number of hydrogen-bond acceptors (Lipinski definition) is 5. The molecule has 6 nitrogen and oxygen atoms in total. The summed E-state index contributed by atoms with van der Waals surface area (Å²) in [5.74, 6) is 0.958. The van der Waals surface area contributed by atoms with Crippen molar-refractivity contribution >= 4 is 5.97 Å². The van der Waals surface area contributed by atoms with Crippen molar-refractivity contribution in [2.75, 3.05) is 6.61 Å². The molecule has 0 radical (unpaired) electrons. The molecule has 0 aliphatic heterocycles. The molecular formula is C19H19N3O3. The van der Waals surface area contributed by atoms with Crippen molar-refractivity contribution in [3.63, 3.8) is 0 Å². The number of carbonyl (C=O) groups excluding carboxylic acids is 1. The van der Waals surface area contributed by atoms with Crippen molar-refractivity contribution in [2.24, 2.45) is 0 Å². The lowest BCUT2D eigenvalue weighted by molar-refractivity contribution is -0.147. The number of ether oxygens (including phenoxy) is 2. The predicted molar refractivity (Wildman–Crippen MR) is 92.5 cm³/mol. The standard InChI is InChI=1S/C19H19N3O3/c1-2-15-3-5-17(6-4-15)24-13-19(23)25-12-16-7-8-21-18(11-16)22-10-9-20-14-22/h3-11,14H,2,12-13H2,1H3. The molecule has 0 fully saturated rings. The molecule has 3 rings (SSSR count). The average Bonchev–Trinajstić information content (AvgIpc) is 3.20. The minimum atomic E-state index is -0.416. The van der Waals surface area contributed by atoms with Gasteiger partial charge in [0.1, 0.15) is 24.5 Å². The van der Waals surface area contributed by atoms with E-state index in [0.717, 1.165) is 17.8 Å². The third kappa shape index (κ3) is 4.67. The lowest BCUT2D eigenvalue weighted by Crippen LogP contribution is -2.14. The number of nitrogens with zero attached hydrogens (tertiary/aromatic N) is 3. The van der Waals surface area contributed by atoms with E-state index in [1.165, 1.54) is 5.56 Å². The number of aromatic nitrogens is 3. The van der Waals surface area contributed by atoms with Crippen LogP contribution in [-0.4, -0.2) is 27.1 Å². The second-order valence-corrected chi connectivity index (χ2v) is 5.44. The van der Waals surface area contributed by atoms with E-state index < -0.39 is 5.97 Å². The Labute approximate surface area is 146 Å². The highest BCUT2D eigenvalue weighted by Gasteiger charge is 2.06. The van der Waals surface area contributed by atoms with Crippen LogP contribution in [0.15, 0.2) is 61.3 Å². The molecule has 2 aromatic heterocycles. The highest BCUT2D eigenvalue weighted by molar-refractivity contribution is 5.71. The molecule has 0 atom stereocenters. The van der Waals surface area contributed by atoms with Crippen LogP contribution in [0, 0.1) is 0 Å². The third-order valence-electron chi connectivity index (χ3n) is 3.67. The monoisotopic (exact) mass is 337 g/mol. The molecule has 0 saturated heterocycles. The van der Waals surface area contributed by atoms with Gasteiger partial charge in [0, 0.05) is 18.6 Å². The van der Waals surface area contributed by atoms with Crippen LogP contribution in [0.4, 0.5) is 0 Å². The summed E-state index contributed by atoms with van der Waals surface area (Å²) in [5, 5.41) is 0. The second-order valence-electron chi connectivity index (χ2n) is 5.44. The Balaban J connectivity index is 1.49. The number of imidazole rings is 1. The first-order valence-electron chi connectivity index (χ1n) is 8.05. The van der Waals surface area contributed by atoms with Crippen LogP contribution < -0.4 is 4.74 Å². The molecular weight excluding hydrogens is 318 g/mol. The van der Waals surface area contributed by atoms with E-state index in [9.17, 15) is 4.79 Å². The van der Waals surface area contributed by atoms with E-state index in [1.54, 1.807) is 35.6 Å². The van der Waals surface area contributed by atoms with Gasteiger partial charge in [-0.25, -0.2) is 14.8 Å². The topological polar surface area (TPSA) is 66.2 Å². The summed E-state index contributed by atoms with van der Waals surface area (Å²) in [6.07, 6.45) is 7.78. The summed E-state index contributed by atoms with van der Waals surface area (Å²) < 4.78 is 12.5. The summed E-state index contributed by atoms with van der Waals surface area (Å²) in [4.78, 5) is 20.1. The van der Waals surface area contributed by atoms with Gasteiger partial charge in [-0.3, -0.25) is 4.57 Å². The fraction of sp³-hybridized carbons (Fsp3) is 0.211. The summed E-state index contributed by atoms with van der Waals surface area (Å²) >= 11 is 0. The SMILES string of the molecule is CCc1ccc(OCC(=O)OCc2ccnc(-n3ccnc3)c2)cc1. The molecule has 1 aromatic carbocycles. The van der Waals surface area contributed by atoms with Crippen LogP contribution in [0.1, 0.15) is 18.1 Å². The van der Waals surface area contributed by atoms with E-state index in [2.05, 4.69) is 16.9 Å². The Hall–Kier alpha value is -3.15. The molecule has 0 unspecified atom stereocenters. The van der Waals surface area contributed by atoms with Gasteiger partial charge >= 0.3 is 5.97 Å². The zero-order valence-corrected chi connectivity index (χ0v) is 14.0. The van der Waals surface area contributed by atoms with Gasteiger partial charge in [0.15, 0.2) is 6.61 Å². The molecule has 128 valence electrons. The van der Waals surface area contributed by atoms with Crippen molar-refractivity contribution in [1.82, 2.24) is 14.5 Å². The maximum absolute atomic E-state index is 11.8. The first-order valence-corrected chi connectivity index (χ1v) is 8.05. The Morgan fingerprint density at radius 3 is 2.68 bits per heavy atom. The van der Waals surface area contributed by atoms with Crippen molar-refractivity contribution < 1.29 is 14.3 Å². The molecule has 2 heterocycles. The molecule has 3 aromatic rings. The van der Waals surface area contributed by atoms with Crippen molar-refractivity contribution in [3.8, 4) is 11.6 Å². The fourth-order valence-electron chi connectivity index (χ4n) is 2.26. The molecule has 0 aliphatic carbocycles. The second kappa shape index (κ2) is 8.10. The van der Waals surface area contributed by atoms with Gasteiger partial charge in [0.25, 0.3) is 0 Å². The van der Waals surface area contributed by atoms with Gasteiger partial charge in [-0.15, -0.1) is 0 Å². The molecule has 6 heteroatoms. The summed E-state index contributed by atoms with van der Waals surface area (Å²) in [6.45, 7) is 2.14. The third-order valence-corrected chi connectivity index (χ3v) is 3.67. The van der Waals surface area contributed by atoms with E-state index in [4.69, 9.17) is 9.47 Å².